The molecule has 1 aliphatic heterocycles. The number of alkyl halides is 3. The number of imide groups is 1. The lowest BCUT2D eigenvalue weighted by Gasteiger charge is -2.24. The number of halogens is 5. The lowest BCUT2D eigenvalue weighted by Crippen LogP contribution is -2.53. The highest BCUT2D eigenvalue weighted by atomic mass is 19.4. The monoisotopic (exact) mass is 493 g/mol. The zero-order chi connectivity index (χ0) is 25.5. The normalized spacial score (nSPS) is 17.8. The van der Waals surface area contributed by atoms with Gasteiger partial charge in [0.1, 0.15) is 0 Å². The van der Waals surface area contributed by atoms with Gasteiger partial charge in [-0.2, -0.15) is 18.3 Å². The van der Waals surface area contributed by atoms with Crippen molar-refractivity contribution in [2.45, 2.75) is 11.7 Å². The van der Waals surface area contributed by atoms with Gasteiger partial charge >= 0.3 is 12.2 Å². The van der Waals surface area contributed by atoms with E-state index in [1.807, 2.05) is 0 Å². The fourth-order valence-corrected chi connectivity index (χ4v) is 3.69. The zero-order valence-electron chi connectivity index (χ0n) is 17.8. The van der Waals surface area contributed by atoms with Gasteiger partial charge in [-0.25, -0.2) is 13.6 Å². The molecule has 0 bridgehead atoms. The van der Waals surface area contributed by atoms with Gasteiger partial charge in [0.05, 0.1) is 23.4 Å². The van der Waals surface area contributed by atoms with Crippen molar-refractivity contribution >= 4 is 17.8 Å². The van der Waals surface area contributed by atoms with Crippen molar-refractivity contribution in [1.82, 2.24) is 25.7 Å². The molecule has 0 spiro atoms. The topological polar surface area (TPSA) is 105 Å². The first-order valence-corrected chi connectivity index (χ1v) is 10.00. The third-order valence-electron chi connectivity index (χ3n) is 5.45. The van der Waals surface area contributed by atoms with Crippen LogP contribution in [0.5, 0.6) is 0 Å². The van der Waals surface area contributed by atoms with E-state index < -0.39 is 64.4 Å². The van der Waals surface area contributed by atoms with E-state index >= 15 is 0 Å². The van der Waals surface area contributed by atoms with Crippen LogP contribution in [0.25, 0.3) is 11.1 Å². The maximum Gasteiger partial charge on any atom is 0.416 e. The Bertz CT molecular complexity index is 1340. The molecule has 1 unspecified atom stereocenters. The Morgan fingerprint density at radius 2 is 1.77 bits per heavy atom. The molecular formula is C22H16F5N5O3. The van der Waals surface area contributed by atoms with Crippen molar-refractivity contribution in [2.24, 2.45) is 7.05 Å². The number of aromatic nitrogens is 2. The quantitative estimate of drug-likeness (QED) is 0.376. The summed E-state index contributed by atoms with van der Waals surface area (Å²) in [5.74, 6) is -4.52. The van der Waals surface area contributed by atoms with E-state index in [2.05, 4.69) is 21.0 Å². The molecular weight excluding hydrogens is 477 g/mol. The average molecular weight is 493 g/mol. The molecule has 0 aliphatic carbocycles. The first kappa shape index (κ1) is 23.9. The minimum atomic E-state index is -4.65. The van der Waals surface area contributed by atoms with Crippen LogP contribution in [-0.2, 0) is 23.6 Å². The fraction of sp³-hybridized carbons (Fsp3) is 0.182. The molecule has 4 rings (SSSR count). The lowest BCUT2D eigenvalue weighted by molar-refractivity contribution is -0.137. The summed E-state index contributed by atoms with van der Waals surface area (Å²) in [5, 5.41) is 11.0. The van der Waals surface area contributed by atoms with Gasteiger partial charge in [0.2, 0.25) is 0 Å². The molecule has 182 valence electrons. The molecule has 1 saturated heterocycles. The molecule has 1 aromatic heterocycles. The van der Waals surface area contributed by atoms with Gasteiger partial charge in [-0.3, -0.25) is 19.6 Å². The Kier molecular flexibility index (Phi) is 5.79. The van der Waals surface area contributed by atoms with Gasteiger partial charge < -0.3 is 10.6 Å². The van der Waals surface area contributed by atoms with Crippen molar-refractivity contribution in [1.29, 1.82) is 0 Å². The van der Waals surface area contributed by atoms with Crippen molar-refractivity contribution < 1.29 is 36.3 Å². The first-order chi connectivity index (χ1) is 16.4. The van der Waals surface area contributed by atoms with Crippen LogP contribution in [0, 0.1) is 11.6 Å². The molecule has 35 heavy (non-hydrogen) atoms. The third kappa shape index (κ3) is 4.32. The Labute approximate surface area is 194 Å². The maximum atomic E-state index is 14.7. The van der Waals surface area contributed by atoms with Gasteiger partial charge in [-0.1, -0.05) is 12.1 Å². The summed E-state index contributed by atoms with van der Waals surface area (Å²) in [6.07, 6.45) is -3.14. The Morgan fingerprint density at radius 3 is 2.31 bits per heavy atom. The van der Waals surface area contributed by atoms with E-state index in [4.69, 9.17) is 0 Å². The van der Waals surface area contributed by atoms with E-state index in [1.165, 1.54) is 16.9 Å². The second-order valence-electron chi connectivity index (χ2n) is 7.73. The zero-order valence-corrected chi connectivity index (χ0v) is 17.8. The van der Waals surface area contributed by atoms with Crippen LogP contribution in [-0.4, -0.2) is 34.2 Å². The highest BCUT2D eigenvalue weighted by Crippen LogP contribution is 2.34. The molecule has 4 amide bonds. The highest BCUT2D eigenvalue weighted by molar-refractivity contribution is 6.08. The molecule has 2 aromatic carbocycles. The summed E-state index contributed by atoms with van der Waals surface area (Å²) in [7, 11) is 1.57. The number of carbonyl (C=O) groups excluding carboxylic acids is 3. The van der Waals surface area contributed by atoms with E-state index in [0.717, 1.165) is 18.2 Å². The van der Waals surface area contributed by atoms with Crippen LogP contribution in [0.4, 0.5) is 26.7 Å². The predicted octanol–water partition coefficient (Wildman–Crippen LogP) is 2.85. The summed E-state index contributed by atoms with van der Waals surface area (Å²) < 4.78 is 68.8. The minimum Gasteiger partial charge on any atom is -0.349 e. The van der Waals surface area contributed by atoms with Crippen LogP contribution in [0.1, 0.15) is 21.6 Å². The molecule has 1 aliphatic rings. The number of hydrogen-bond donors (Lipinski definition) is 3. The minimum absolute atomic E-state index is 0.108. The number of nitrogens with zero attached hydrogens (tertiary/aromatic N) is 2. The number of amides is 4. The van der Waals surface area contributed by atoms with E-state index in [0.29, 0.717) is 18.2 Å². The molecule has 2 heterocycles. The summed E-state index contributed by atoms with van der Waals surface area (Å²) >= 11 is 0. The van der Waals surface area contributed by atoms with Crippen molar-refractivity contribution in [2.75, 3.05) is 6.54 Å². The number of nitrogens with one attached hydrogen (secondary N) is 3. The largest absolute Gasteiger partial charge is 0.416 e. The average Bonchev–Trinajstić information content (AvgIpc) is 3.36. The molecule has 3 N–H and O–H groups in total. The summed E-state index contributed by atoms with van der Waals surface area (Å²) in [5.41, 5.74) is -3.82. The number of urea groups is 1. The first-order valence-electron chi connectivity index (χ1n) is 10.00. The fourth-order valence-electron chi connectivity index (χ4n) is 3.69. The molecule has 1 fully saturated rings. The van der Waals surface area contributed by atoms with E-state index in [1.54, 1.807) is 7.05 Å². The van der Waals surface area contributed by atoms with Crippen molar-refractivity contribution in [3.8, 4) is 11.1 Å². The van der Waals surface area contributed by atoms with E-state index in [-0.39, 0.29) is 11.3 Å². The molecule has 0 saturated carbocycles. The van der Waals surface area contributed by atoms with Gasteiger partial charge in [-0.15, -0.1) is 0 Å². The SMILES string of the molecule is Cn1ccc(C2(CNC(=O)c3ccc(F)c(F)c3-c3ccc(C(F)(F)F)cc3)NC(=O)NC2=O)n1. The predicted molar refractivity (Wildman–Crippen MR) is 111 cm³/mol. The molecule has 8 nitrogen and oxygen atoms in total. The van der Waals surface area contributed by atoms with Crippen LogP contribution >= 0.6 is 0 Å². The van der Waals surface area contributed by atoms with Crippen LogP contribution in [0.3, 0.4) is 0 Å². The summed E-state index contributed by atoms with van der Waals surface area (Å²) in [4.78, 5) is 37.4. The third-order valence-corrected chi connectivity index (χ3v) is 5.45. The van der Waals surface area contributed by atoms with Gasteiger partial charge in [0.15, 0.2) is 17.2 Å². The number of rotatable bonds is 5. The molecule has 1 atom stereocenters. The summed E-state index contributed by atoms with van der Waals surface area (Å²) in [6, 6.07) is 5.45. The molecule has 3 aromatic rings. The Morgan fingerprint density at radius 1 is 1.09 bits per heavy atom. The van der Waals surface area contributed by atoms with Gasteiger partial charge in [0, 0.05) is 18.8 Å². The van der Waals surface area contributed by atoms with Crippen molar-refractivity contribution in [3.63, 3.8) is 0 Å². The summed E-state index contributed by atoms with van der Waals surface area (Å²) in [6.45, 7) is -0.508. The van der Waals surface area contributed by atoms with Crippen LogP contribution in [0.2, 0.25) is 0 Å². The lowest BCUT2D eigenvalue weighted by atomic mass is 9.94. The maximum absolute atomic E-state index is 14.7. The van der Waals surface area contributed by atoms with Crippen molar-refractivity contribution in [3.05, 3.63) is 77.1 Å². The van der Waals surface area contributed by atoms with Crippen LogP contribution in [0.15, 0.2) is 48.7 Å². The Balaban J connectivity index is 1.68. The van der Waals surface area contributed by atoms with E-state index in [9.17, 15) is 36.3 Å². The van der Waals surface area contributed by atoms with Gasteiger partial charge in [-0.05, 0) is 35.9 Å². The molecule has 0 radical (unpaired) electrons. The smallest absolute Gasteiger partial charge is 0.349 e. The molecule has 13 heteroatoms. The number of carbonyl (C=O) groups is 3. The van der Waals surface area contributed by atoms with Crippen LogP contribution < -0.4 is 16.0 Å². The Hall–Kier alpha value is -4.29. The number of aryl methyl sites for hydroxylation is 1. The second kappa shape index (κ2) is 8.49. The standard InChI is InChI=1S/C22H16F5N5O3/c1-32-9-8-15(31-32)21(19(34)29-20(35)30-21)10-28-18(33)13-6-7-14(23)17(24)16(13)11-2-4-12(5-3-11)22(25,26)27/h2-9H,10H2,1H3,(H,28,33)(H2,29,30,34,35). The van der Waals surface area contributed by atoms with Gasteiger partial charge in [0.25, 0.3) is 11.8 Å². The highest BCUT2D eigenvalue weighted by Gasteiger charge is 2.50. The number of benzene rings is 2. The second-order valence-corrected chi connectivity index (χ2v) is 7.73. The number of hydrogen-bond acceptors (Lipinski definition) is 4.